The first-order valence-electron chi connectivity index (χ1n) is 5.88. The molecule has 1 N–H and O–H groups in total. The van der Waals surface area contributed by atoms with Gasteiger partial charge in [0, 0.05) is 11.8 Å². The van der Waals surface area contributed by atoms with E-state index in [1.807, 2.05) is 18.3 Å². The summed E-state index contributed by atoms with van der Waals surface area (Å²) in [7, 11) is 0. The van der Waals surface area contributed by atoms with Crippen molar-refractivity contribution in [1.82, 2.24) is 4.98 Å². The molecule has 4 rings (SSSR count). The molecule has 0 saturated heterocycles. The fourth-order valence-electron chi connectivity index (χ4n) is 2.39. The summed E-state index contributed by atoms with van der Waals surface area (Å²) in [6.45, 7) is 0.311. The van der Waals surface area contributed by atoms with Crippen molar-refractivity contribution in [3.05, 3.63) is 48.7 Å². The van der Waals surface area contributed by atoms with E-state index in [0.717, 1.165) is 22.6 Å². The average Bonchev–Trinajstić information content (AvgIpc) is 3.05. The maximum Gasteiger partial charge on any atom is 0.231 e. The van der Waals surface area contributed by atoms with Gasteiger partial charge in [-0.2, -0.15) is 0 Å². The molecule has 3 heteroatoms. The molecule has 88 valence electrons. The number of fused-ring (bicyclic) bond motifs is 2. The average molecular weight is 237 g/mol. The van der Waals surface area contributed by atoms with E-state index in [1.165, 1.54) is 10.9 Å². The van der Waals surface area contributed by atoms with Crippen molar-refractivity contribution in [2.75, 3.05) is 6.79 Å². The van der Waals surface area contributed by atoms with Crippen LogP contribution in [0.15, 0.2) is 48.7 Å². The van der Waals surface area contributed by atoms with E-state index in [0.29, 0.717) is 6.79 Å². The molecule has 0 saturated carbocycles. The van der Waals surface area contributed by atoms with Crippen LogP contribution in [0.5, 0.6) is 11.5 Å². The molecule has 1 aliphatic rings. The van der Waals surface area contributed by atoms with Crippen LogP contribution in [0.25, 0.3) is 22.0 Å². The highest BCUT2D eigenvalue weighted by molar-refractivity contribution is 5.94. The summed E-state index contributed by atoms with van der Waals surface area (Å²) in [6, 6.07) is 14.4. The van der Waals surface area contributed by atoms with Gasteiger partial charge in [0.15, 0.2) is 11.5 Å². The molecule has 0 unspecified atom stereocenters. The molecular weight excluding hydrogens is 226 g/mol. The third-order valence-corrected chi connectivity index (χ3v) is 3.27. The lowest BCUT2D eigenvalue weighted by Gasteiger charge is -2.05. The fraction of sp³-hybridized carbons (Fsp3) is 0.0667. The number of hydrogen-bond donors (Lipinski definition) is 1. The summed E-state index contributed by atoms with van der Waals surface area (Å²) in [5.41, 5.74) is 3.46. The Morgan fingerprint density at radius 3 is 2.89 bits per heavy atom. The SMILES string of the molecule is c1cc(-c2ccc3c(c2)OCO3)c2[nH]ccc2c1. The number of aromatic amines is 1. The Bertz CT molecular complexity index is 730. The molecule has 2 heterocycles. The largest absolute Gasteiger partial charge is 0.454 e. The van der Waals surface area contributed by atoms with Crippen molar-refractivity contribution in [3.63, 3.8) is 0 Å². The van der Waals surface area contributed by atoms with Gasteiger partial charge in [-0.05, 0) is 29.1 Å². The molecule has 0 atom stereocenters. The molecule has 3 aromatic rings. The summed E-state index contributed by atoms with van der Waals surface area (Å²) in [6.07, 6.45) is 1.96. The second-order valence-electron chi connectivity index (χ2n) is 4.32. The quantitative estimate of drug-likeness (QED) is 0.702. The van der Waals surface area contributed by atoms with Gasteiger partial charge in [-0.1, -0.05) is 24.3 Å². The van der Waals surface area contributed by atoms with E-state index in [4.69, 9.17) is 9.47 Å². The topological polar surface area (TPSA) is 34.2 Å². The molecule has 0 fully saturated rings. The van der Waals surface area contributed by atoms with E-state index in [2.05, 4.69) is 35.3 Å². The molecule has 3 nitrogen and oxygen atoms in total. The maximum absolute atomic E-state index is 5.42. The Morgan fingerprint density at radius 1 is 0.944 bits per heavy atom. The smallest absolute Gasteiger partial charge is 0.231 e. The van der Waals surface area contributed by atoms with Crippen LogP contribution in [0.4, 0.5) is 0 Å². The van der Waals surface area contributed by atoms with E-state index < -0.39 is 0 Å². The minimum atomic E-state index is 0.311. The zero-order valence-electron chi connectivity index (χ0n) is 9.64. The predicted octanol–water partition coefficient (Wildman–Crippen LogP) is 3.56. The zero-order valence-corrected chi connectivity index (χ0v) is 9.64. The van der Waals surface area contributed by atoms with Crippen molar-refractivity contribution in [2.45, 2.75) is 0 Å². The van der Waals surface area contributed by atoms with E-state index in [1.54, 1.807) is 0 Å². The molecule has 0 spiro atoms. The normalized spacial score (nSPS) is 13.1. The Hall–Kier alpha value is -2.42. The van der Waals surface area contributed by atoms with Crippen molar-refractivity contribution in [2.24, 2.45) is 0 Å². The van der Waals surface area contributed by atoms with Gasteiger partial charge < -0.3 is 14.5 Å². The van der Waals surface area contributed by atoms with Gasteiger partial charge in [0.1, 0.15) is 0 Å². The number of rotatable bonds is 1. The van der Waals surface area contributed by atoms with Crippen LogP contribution in [0.2, 0.25) is 0 Å². The first kappa shape index (κ1) is 9.59. The summed E-state index contributed by atoms with van der Waals surface area (Å²) >= 11 is 0. The monoisotopic (exact) mass is 237 g/mol. The van der Waals surface area contributed by atoms with Crippen molar-refractivity contribution < 1.29 is 9.47 Å². The number of hydrogen-bond acceptors (Lipinski definition) is 2. The fourth-order valence-corrected chi connectivity index (χ4v) is 2.39. The van der Waals surface area contributed by atoms with Crippen molar-refractivity contribution >= 4 is 10.9 Å². The maximum atomic E-state index is 5.42. The standard InChI is InChI=1S/C15H11NO2/c1-2-10-6-7-16-15(10)12(3-1)11-4-5-13-14(8-11)18-9-17-13/h1-8,16H,9H2. The van der Waals surface area contributed by atoms with Crippen LogP contribution in [0.3, 0.4) is 0 Å². The number of nitrogens with one attached hydrogen (secondary N) is 1. The molecule has 0 bridgehead atoms. The minimum absolute atomic E-state index is 0.311. The number of ether oxygens (including phenoxy) is 2. The van der Waals surface area contributed by atoms with Gasteiger partial charge in [-0.3, -0.25) is 0 Å². The Kier molecular flexibility index (Phi) is 1.88. The molecule has 0 aliphatic carbocycles. The second kappa shape index (κ2) is 3.53. The predicted molar refractivity (Wildman–Crippen MR) is 69.9 cm³/mol. The van der Waals surface area contributed by atoms with Crippen LogP contribution in [-0.4, -0.2) is 11.8 Å². The molecular formula is C15H11NO2. The van der Waals surface area contributed by atoms with Gasteiger partial charge in [0.2, 0.25) is 6.79 Å². The number of H-pyrrole nitrogens is 1. The van der Waals surface area contributed by atoms with Gasteiger partial charge in [-0.25, -0.2) is 0 Å². The molecule has 1 aliphatic heterocycles. The number of aromatic nitrogens is 1. The van der Waals surface area contributed by atoms with Gasteiger partial charge >= 0.3 is 0 Å². The molecule has 0 radical (unpaired) electrons. The first-order valence-corrected chi connectivity index (χ1v) is 5.88. The summed E-state index contributed by atoms with van der Waals surface area (Å²) in [5, 5.41) is 1.21. The summed E-state index contributed by atoms with van der Waals surface area (Å²) in [5.74, 6) is 1.63. The van der Waals surface area contributed by atoms with Crippen LogP contribution in [0.1, 0.15) is 0 Å². The number of para-hydroxylation sites is 1. The molecule has 18 heavy (non-hydrogen) atoms. The Labute approximate surface area is 104 Å². The number of benzene rings is 2. The third kappa shape index (κ3) is 1.31. The van der Waals surface area contributed by atoms with Crippen LogP contribution in [0, 0.1) is 0 Å². The van der Waals surface area contributed by atoms with Crippen LogP contribution in [-0.2, 0) is 0 Å². The second-order valence-corrected chi connectivity index (χ2v) is 4.32. The van der Waals surface area contributed by atoms with Gasteiger partial charge in [0.05, 0.1) is 5.52 Å². The molecule has 1 aromatic heterocycles. The zero-order chi connectivity index (χ0) is 11.9. The van der Waals surface area contributed by atoms with Crippen molar-refractivity contribution in [1.29, 1.82) is 0 Å². The minimum Gasteiger partial charge on any atom is -0.454 e. The Balaban J connectivity index is 1.94. The van der Waals surface area contributed by atoms with Crippen LogP contribution >= 0.6 is 0 Å². The highest BCUT2D eigenvalue weighted by atomic mass is 16.7. The summed E-state index contributed by atoms with van der Waals surface area (Å²) in [4.78, 5) is 3.28. The van der Waals surface area contributed by atoms with Gasteiger partial charge in [0.25, 0.3) is 0 Å². The van der Waals surface area contributed by atoms with E-state index >= 15 is 0 Å². The highest BCUT2D eigenvalue weighted by Crippen LogP contribution is 2.37. The van der Waals surface area contributed by atoms with E-state index in [-0.39, 0.29) is 0 Å². The first-order chi connectivity index (χ1) is 8.92. The summed E-state index contributed by atoms with van der Waals surface area (Å²) < 4.78 is 10.8. The molecule has 2 aromatic carbocycles. The molecule has 0 amide bonds. The highest BCUT2D eigenvalue weighted by Gasteiger charge is 2.14. The third-order valence-electron chi connectivity index (χ3n) is 3.27. The lowest BCUT2D eigenvalue weighted by molar-refractivity contribution is 0.174. The lowest BCUT2D eigenvalue weighted by atomic mass is 10.0. The Morgan fingerprint density at radius 2 is 1.89 bits per heavy atom. The lowest BCUT2D eigenvalue weighted by Crippen LogP contribution is -1.92. The van der Waals surface area contributed by atoms with E-state index in [9.17, 15) is 0 Å². The van der Waals surface area contributed by atoms with Crippen molar-refractivity contribution in [3.8, 4) is 22.6 Å². The van der Waals surface area contributed by atoms with Gasteiger partial charge in [-0.15, -0.1) is 0 Å². The van der Waals surface area contributed by atoms with Crippen LogP contribution < -0.4 is 9.47 Å².